The molecule has 1 fully saturated rings. The van der Waals surface area contributed by atoms with E-state index in [4.69, 9.17) is 5.84 Å². The molecule has 0 bridgehead atoms. The SMILES string of the molecule is CN(N)C1CCS(=O)(=O)C1. The van der Waals surface area contributed by atoms with E-state index in [-0.39, 0.29) is 11.8 Å². The van der Waals surface area contributed by atoms with Gasteiger partial charge in [-0.15, -0.1) is 0 Å². The standard InChI is InChI=1S/C5H12N2O2S/c1-7(6)5-2-3-10(8,9)4-5/h5H,2-4,6H2,1H3. The lowest BCUT2D eigenvalue weighted by molar-refractivity contribution is 0.271. The van der Waals surface area contributed by atoms with Crippen molar-refractivity contribution in [3.63, 3.8) is 0 Å². The molecule has 5 heteroatoms. The van der Waals surface area contributed by atoms with Crippen LogP contribution in [-0.4, -0.2) is 38.0 Å². The molecule has 1 heterocycles. The van der Waals surface area contributed by atoms with Crippen LogP contribution in [0.25, 0.3) is 0 Å². The number of hydrazine groups is 1. The van der Waals surface area contributed by atoms with Gasteiger partial charge in [-0.3, -0.25) is 5.84 Å². The molecule has 0 aromatic rings. The van der Waals surface area contributed by atoms with Crippen LogP contribution in [0.15, 0.2) is 0 Å². The van der Waals surface area contributed by atoms with E-state index < -0.39 is 9.84 Å². The molecule has 0 radical (unpaired) electrons. The first kappa shape index (κ1) is 7.97. The molecular formula is C5H12N2O2S. The lowest BCUT2D eigenvalue weighted by atomic mass is 10.3. The molecule has 0 spiro atoms. The van der Waals surface area contributed by atoms with Gasteiger partial charge in [0.2, 0.25) is 0 Å². The van der Waals surface area contributed by atoms with Gasteiger partial charge in [-0.05, 0) is 6.42 Å². The highest BCUT2D eigenvalue weighted by atomic mass is 32.2. The van der Waals surface area contributed by atoms with E-state index in [1.807, 2.05) is 0 Å². The Hall–Kier alpha value is -0.130. The molecule has 10 heavy (non-hydrogen) atoms. The van der Waals surface area contributed by atoms with Crippen LogP contribution in [0.5, 0.6) is 0 Å². The summed E-state index contributed by atoms with van der Waals surface area (Å²) < 4.78 is 21.7. The van der Waals surface area contributed by atoms with Crippen LogP contribution in [-0.2, 0) is 9.84 Å². The molecule has 0 aromatic carbocycles. The molecule has 1 rings (SSSR count). The average molecular weight is 164 g/mol. The summed E-state index contributed by atoms with van der Waals surface area (Å²) in [5.74, 6) is 5.90. The molecule has 0 aromatic heterocycles. The summed E-state index contributed by atoms with van der Waals surface area (Å²) in [4.78, 5) is 0. The van der Waals surface area contributed by atoms with Gasteiger partial charge in [0, 0.05) is 13.1 Å². The molecule has 4 nitrogen and oxygen atoms in total. The summed E-state index contributed by atoms with van der Waals surface area (Å²) in [6, 6.07) is 0.0324. The molecule has 1 saturated heterocycles. The Morgan fingerprint density at radius 3 is 2.40 bits per heavy atom. The van der Waals surface area contributed by atoms with Crippen LogP contribution in [0.2, 0.25) is 0 Å². The maximum absolute atomic E-state index is 10.9. The largest absolute Gasteiger partial charge is 0.269 e. The van der Waals surface area contributed by atoms with Gasteiger partial charge in [-0.2, -0.15) is 0 Å². The number of nitrogens with two attached hydrogens (primary N) is 1. The third-order valence-electron chi connectivity index (χ3n) is 1.78. The fourth-order valence-corrected chi connectivity index (χ4v) is 2.88. The van der Waals surface area contributed by atoms with Crippen molar-refractivity contribution >= 4 is 9.84 Å². The lowest BCUT2D eigenvalue weighted by Gasteiger charge is -2.15. The third-order valence-corrected chi connectivity index (χ3v) is 3.53. The van der Waals surface area contributed by atoms with E-state index in [0.717, 1.165) is 0 Å². The monoisotopic (exact) mass is 164 g/mol. The highest BCUT2D eigenvalue weighted by Crippen LogP contribution is 2.13. The van der Waals surface area contributed by atoms with E-state index in [0.29, 0.717) is 12.2 Å². The van der Waals surface area contributed by atoms with Crippen molar-refractivity contribution in [2.45, 2.75) is 12.5 Å². The van der Waals surface area contributed by atoms with Gasteiger partial charge in [0.05, 0.1) is 11.5 Å². The minimum Gasteiger partial charge on any atom is -0.269 e. The number of hydrogen-bond acceptors (Lipinski definition) is 4. The Morgan fingerprint density at radius 2 is 2.20 bits per heavy atom. The first-order chi connectivity index (χ1) is 4.51. The number of nitrogens with zero attached hydrogens (tertiary/aromatic N) is 1. The first-order valence-corrected chi connectivity index (χ1v) is 5.01. The molecule has 0 amide bonds. The summed E-state index contributed by atoms with van der Waals surface area (Å²) in [5, 5.41) is 1.48. The predicted octanol–water partition coefficient (Wildman–Crippen LogP) is -1.02. The molecule has 1 aliphatic rings. The van der Waals surface area contributed by atoms with Gasteiger partial charge < -0.3 is 0 Å². The summed E-state index contributed by atoms with van der Waals surface area (Å²) in [7, 11) is -1.06. The fourth-order valence-electron chi connectivity index (χ4n) is 1.10. The Balaban J connectivity index is 2.60. The zero-order valence-corrected chi connectivity index (χ0v) is 6.76. The summed E-state index contributed by atoms with van der Waals surface area (Å²) in [6.07, 6.45) is 0.676. The number of hydrogen-bond donors (Lipinski definition) is 1. The van der Waals surface area contributed by atoms with Crippen LogP contribution in [0.4, 0.5) is 0 Å². The molecular weight excluding hydrogens is 152 g/mol. The summed E-state index contributed by atoms with van der Waals surface area (Å²) >= 11 is 0. The molecule has 1 unspecified atom stereocenters. The second-order valence-electron chi connectivity index (χ2n) is 2.72. The maximum Gasteiger partial charge on any atom is 0.151 e. The van der Waals surface area contributed by atoms with Gasteiger partial charge in [0.25, 0.3) is 0 Å². The zero-order valence-electron chi connectivity index (χ0n) is 5.95. The first-order valence-electron chi connectivity index (χ1n) is 3.19. The van der Waals surface area contributed by atoms with Crippen molar-refractivity contribution in [3.05, 3.63) is 0 Å². The van der Waals surface area contributed by atoms with Crippen molar-refractivity contribution in [1.82, 2.24) is 5.01 Å². The Bertz CT molecular complexity index is 210. The van der Waals surface area contributed by atoms with Crippen molar-refractivity contribution < 1.29 is 8.42 Å². The quantitative estimate of drug-likeness (QED) is 0.398. The van der Waals surface area contributed by atoms with Crippen LogP contribution < -0.4 is 5.84 Å². The van der Waals surface area contributed by atoms with Gasteiger partial charge >= 0.3 is 0 Å². The number of sulfone groups is 1. The van der Waals surface area contributed by atoms with E-state index in [1.165, 1.54) is 5.01 Å². The maximum atomic E-state index is 10.9. The molecule has 1 atom stereocenters. The van der Waals surface area contributed by atoms with E-state index in [9.17, 15) is 8.42 Å². The fraction of sp³-hybridized carbons (Fsp3) is 1.00. The third kappa shape index (κ3) is 1.68. The van der Waals surface area contributed by atoms with Crippen LogP contribution >= 0.6 is 0 Å². The van der Waals surface area contributed by atoms with E-state index in [2.05, 4.69) is 0 Å². The van der Waals surface area contributed by atoms with Gasteiger partial charge in [-0.25, -0.2) is 13.4 Å². The Labute approximate surface area is 60.9 Å². The molecule has 0 aliphatic carbocycles. The summed E-state index contributed by atoms with van der Waals surface area (Å²) in [6.45, 7) is 0. The number of rotatable bonds is 1. The van der Waals surface area contributed by atoms with Crippen LogP contribution in [0, 0.1) is 0 Å². The molecule has 1 aliphatic heterocycles. The van der Waals surface area contributed by atoms with E-state index >= 15 is 0 Å². The van der Waals surface area contributed by atoms with Crippen LogP contribution in [0.3, 0.4) is 0 Å². The highest BCUT2D eigenvalue weighted by Gasteiger charge is 2.29. The Kier molecular flexibility index (Phi) is 1.98. The summed E-state index contributed by atoms with van der Waals surface area (Å²) in [5.41, 5.74) is 0. The minimum absolute atomic E-state index is 0.0324. The topological polar surface area (TPSA) is 63.4 Å². The van der Waals surface area contributed by atoms with Gasteiger partial charge in [-0.1, -0.05) is 0 Å². The Morgan fingerprint density at radius 1 is 1.60 bits per heavy atom. The van der Waals surface area contributed by atoms with Gasteiger partial charge in [0.15, 0.2) is 9.84 Å². The zero-order chi connectivity index (χ0) is 7.78. The molecule has 60 valence electrons. The second-order valence-corrected chi connectivity index (χ2v) is 4.95. The van der Waals surface area contributed by atoms with Crippen molar-refractivity contribution in [1.29, 1.82) is 0 Å². The highest BCUT2D eigenvalue weighted by molar-refractivity contribution is 7.91. The lowest BCUT2D eigenvalue weighted by Crippen LogP contribution is -2.38. The van der Waals surface area contributed by atoms with Crippen molar-refractivity contribution in [2.75, 3.05) is 18.6 Å². The second kappa shape index (κ2) is 2.48. The van der Waals surface area contributed by atoms with Gasteiger partial charge in [0.1, 0.15) is 0 Å². The predicted molar refractivity (Wildman–Crippen MR) is 39.0 cm³/mol. The smallest absolute Gasteiger partial charge is 0.151 e. The normalized spacial score (nSPS) is 31.3. The molecule has 0 saturated carbocycles. The van der Waals surface area contributed by atoms with Crippen molar-refractivity contribution in [2.24, 2.45) is 5.84 Å². The minimum atomic E-state index is -2.76. The van der Waals surface area contributed by atoms with E-state index in [1.54, 1.807) is 7.05 Å². The average Bonchev–Trinajstić information content (AvgIpc) is 2.10. The van der Waals surface area contributed by atoms with Crippen molar-refractivity contribution in [3.8, 4) is 0 Å². The van der Waals surface area contributed by atoms with Crippen LogP contribution in [0.1, 0.15) is 6.42 Å². The molecule has 2 N–H and O–H groups in total.